The Balaban J connectivity index is 1.93. The third kappa shape index (κ3) is 3.41. The maximum Gasteiger partial charge on any atom is 0.0641 e. The fraction of sp³-hybridized carbons (Fsp3) is 0.812. The second kappa shape index (κ2) is 6.72. The molecule has 1 aromatic rings. The Labute approximate surface area is 122 Å². The van der Waals surface area contributed by atoms with Crippen molar-refractivity contribution in [2.45, 2.75) is 58.9 Å². The Bertz CT molecular complexity index is 428. The van der Waals surface area contributed by atoms with Crippen LogP contribution in [0.25, 0.3) is 0 Å². The Morgan fingerprint density at radius 1 is 1.25 bits per heavy atom. The molecule has 1 saturated carbocycles. The van der Waals surface area contributed by atoms with Gasteiger partial charge in [0.05, 0.1) is 5.69 Å². The van der Waals surface area contributed by atoms with Crippen molar-refractivity contribution in [3.05, 3.63) is 17.0 Å². The second-order valence-corrected chi connectivity index (χ2v) is 6.41. The molecule has 0 bridgehead atoms. The van der Waals surface area contributed by atoms with E-state index in [1.165, 1.54) is 43.4 Å². The van der Waals surface area contributed by atoms with E-state index >= 15 is 0 Å². The lowest BCUT2D eigenvalue weighted by atomic mass is 9.72. The molecule has 0 aliphatic heterocycles. The van der Waals surface area contributed by atoms with E-state index in [4.69, 9.17) is 0 Å². The average molecular weight is 279 g/mol. The minimum atomic E-state index is 0.312. The van der Waals surface area contributed by atoms with E-state index in [0.29, 0.717) is 12.0 Å². The molecule has 0 saturated heterocycles. The first-order valence-corrected chi connectivity index (χ1v) is 7.89. The maximum atomic E-state index is 9.35. The van der Waals surface area contributed by atoms with E-state index in [1.54, 1.807) is 0 Å². The molecule has 1 heterocycles. The van der Waals surface area contributed by atoms with Crippen LogP contribution in [-0.2, 0) is 13.6 Å². The molecule has 0 spiro atoms. The molecule has 1 aliphatic rings. The summed E-state index contributed by atoms with van der Waals surface area (Å²) in [7, 11) is 2.00. The topological polar surface area (TPSA) is 50.1 Å². The number of aromatic nitrogens is 2. The van der Waals surface area contributed by atoms with Crippen molar-refractivity contribution >= 4 is 0 Å². The first-order valence-electron chi connectivity index (χ1n) is 7.89. The minimum Gasteiger partial charge on any atom is -0.396 e. The third-order valence-corrected chi connectivity index (χ3v) is 5.02. The number of hydrogen-bond donors (Lipinski definition) is 2. The number of aliphatic hydroxyl groups is 1. The van der Waals surface area contributed by atoms with Gasteiger partial charge in [-0.2, -0.15) is 5.10 Å². The number of nitrogens with one attached hydrogen (secondary N) is 1. The quantitative estimate of drug-likeness (QED) is 0.841. The van der Waals surface area contributed by atoms with Gasteiger partial charge in [0.1, 0.15) is 0 Å². The highest BCUT2D eigenvalue weighted by atomic mass is 16.3. The summed E-state index contributed by atoms with van der Waals surface area (Å²) in [4.78, 5) is 0. The number of aliphatic hydroxyl groups excluding tert-OH is 1. The summed E-state index contributed by atoms with van der Waals surface area (Å²) in [5.74, 6) is 0. The van der Waals surface area contributed by atoms with Crippen LogP contribution in [-0.4, -0.2) is 28.0 Å². The van der Waals surface area contributed by atoms with Gasteiger partial charge in [-0.15, -0.1) is 0 Å². The maximum absolute atomic E-state index is 9.35. The molecule has 4 nitrogen and oxygen atoms in total. The zero-order chi connectivity index (χ0) is 14.6. The van der Waals surface area contributed by atoms with E-state index in [-0.39, 0.29) is 0 Å². The Hall–Kier alpha value is -0.870. The van der Waals surface area contributed by atoms with Gasteiger partial charge in [0.2, 0.25) is 0 Å². The van der Waals surface area contributed by atoms with Gasteiger partial charge in [-0.1, -0.05) is 19.3 Å². The number of rotatable bonds is 6. The van der Waals surface area contributed by atoms with Gasteiger partial charge in [0, 0.05) is 38.0 Å². The summed E-state index contributed by atoms with van der Waals surface area (Å²) < 4.78 is 1.95. The van der Waals surface area contributed by atoms with Crippen LogP contribution in [0.15, 0.2) is 0 Å². The van der Waals surface area contributed by atoms with Crippen LogP contribution < -0.4 is 5.32 Å². The van der Waals surface area contributed by atoms with Crippen LogP contribution in [0.5, 0.6) is 0 Å². The van der Waals surface area contributed by atoms with Crippen LogP contribution in [0.2, 0.25) is 0 Å². The zero-order valence-corrected chi connectivity index (χ0v) is 13.2. The lowest BCUT2D eigenvalue weighted by Crippen LogP contribution is -2.36. The fourth-order valence-corrected chi connectivity index (χ4v) is 3.58. The lowest BCUT2D eigenvalue weighted by molar-refractivity contribution is 0.126. The predicted octanol–water partition coefficient (Wildman–Crippen LogP) is 2.46. The molecule has 0 atom stereocenters. The average Bonchev–Trinajstić information content (AvgIpc) is 2.66. The van der Waals surface area contributed by atoms with Crippen molar-refractivity contribution in [3.8, 4) is 0 Å². The van der Waals surface area contributed by atoms with Gasteiger partial charge in [-0.25, -0.2) is 0 Å². The summed E-state index contributed by atoms with van der Waals surface area (Å²) >= 11 is 0. The van der Waals surface area contributed by atoms with E-state index in [9.17, 15) is 5.11 Å². The van der Waals surface area contributed by atoms with Crippen molar-refractivity contribution < 1.29 is 5.11 Å². The highest BCUT2D eigenvalue weighted by Gasteiger charge is 2.31. The molecule has 2 rings (SSSR count). The molecular weight excluding hydrogens is 250 g/mol. The lowest BCUT2D eigenvalue weighted by Gasteiger charge is -2.37. The molecule has 20 heavy (non-hydrogen) atoms. The van der Waals surface area contributed by atoms with Gasteiger partial charge in [0.25, 0.3) is 0 Å². The standard InChI is InChI=1S/C16H29N3O/c1-13-15(14(2)19(3)18-13)11-17-12-16(9-10-20)7-5-4-6-8-16/h17,20H,4-12H2,1-3H3. The largest absolute Gasteiger partial charge is 0.396 e. The molecule has 1 aliphatic carbocycles. The molecule has 0 aromatic carbocycles. The second-order valence-electron chi connectivity index (χ2n) is 6.41. The van der Waals surface area contributed by atoms with Crippen molar-refractivity contribution in [1.82, 2.24) is 15.1 Å². The minimum absolute atomic E-state index is 0.312. The number of aryl methyl sites for hydroxylation is 2. The van der Waals surface area contributed by atoms with E-state index in [2.05, 4.69) is 24.3 Å². The predicted molar refractivity (Wildman–Crippen MR) is 81.6 cm³/mol. The van der Waals surface area contributed by atoms with Crippen LogP contribution in [0, 0.1) is 19.3 Å². The molecule has 0 radical (unpaired) electrons. The number of hydrogen-bond acceptors (Lipinski definition) is 3. The number of nitrogens with zero attached hydrogens (tertiary/aromatic N) is 2. The van der Waals surface area contributed by atoms with E-state index in [1.807, 2.05) is 11.7 Å². The van der Waals surface area contributed by atoms with Crippen molar-refractivity contribution in [2.75, 3.05) is 13.2 Å². The van der Waals surface area contributed by atoms with Gasteiger partial charge < -0.3 is 10.4 Å². The SMILES string of the molecule is Cc1nn(C)c(C)c1CNCC1(CCO)CCCCC1. The van der Waals surface area contributed by atoms with Crippen LogP contribution in [0.1, 0.15) is 55.5 Å². The van der Waals surface area contributed by atoms with E-state index in [0.717, 1.165) is 25.2 Å². The van der Waals surface area contributed by atoms with E-state index < -0.39 is 0 Å². The molecule has 1 fully saturated rings. The van der Waals surface area contributed by atoms with Crippen LogP contribution in [0.4, 0.5) is 0 Å². The van der Waals surface area contributed by atoms with Gasteiger partial charge in [-0.3, -0.25) is 4.68 Å². The summed E-state index contributed by atoms with van der Waals surface area (Å²) in [5, 5.41) is 17.4. The van der Waals surface area contributed by atoms with Crippen LogP contribution in [0.3, 0.4) is 0 Å². The molecule has 114 valence electrons. The third-order valence-electron chi connectivity index (χ3n) is 5.02. The Morgan fingerprint density at radius 2 is 1.95 bits per heavy atom. The van der Waals surface area contributed by atoms with Crippen molar-refractivity contribution in [1.29, 1.82) is 0 Å². The van der Waals surface area contributed by atoms with Crippen molar-refractivity contribution in [2.24, 2.45) is 12.5 Å². The molecule has 0 unspecified atom stereocenters. The van der Waals surface area contributed by atoms with Crippen molar-refractivity contribution in [3.63, 3.8) is 0 Å². The summed E-state index contributed by atoms with van der Waals surface area (Å²) in [6.45, 7) is 6.42. The Kier molecular flexibility index (Phi) is 5.22. The summed E-state index contributed by atoms with van der Waals surface area (Å²) in [6, 6.07) is 0. The summed E-state index contributed by atoms with van der Waals surface area (Å²) in [6.07, 6.45) is 7.43. The molecule has 4 heteroatoms. The normalized spacial score (nSPS) is 18.4. The highest BCUT2D eigenvalue weighted by molar-refractivity contribution is 5.24. The summed E-state index contributed by atoms with van der Waals surface area (Å²) in [5.41, 5.74) is 4.01. The smallest absolute Gasteiger partial charge is 0.0641 e. The van der Waals surface area contributed by atoms with Gasteiger partial charge in [-0.05, 0) is 38.5 Å². The first kappa shape index (κ1) is 15.5. The molecule has 0 amide bonds. The molecule has 2 N–H and O–H groups in total. The zero-order valence-electron chi connectivity index (χ0n) is 13.2. The van der Waals surface area contributed by atoms with Crippen LogP contribution >= 0.6 is 0 Å². The highest BCUT2D eigenvalue weighted by Crippen LogP contribution is 2.38. The Morgan fingerprint density at radius 3 is 2.50 bits per heavy atom. The first-order chi connectivity index (χ1) is 9.58. The van der Waals surface area contributed by atoms with Gasteiger partial charge in [0.15, 0.2) is 0 Å². The fourth-order valence-electron chi connectivity index (χ4n) is 3.58. The monoisotopic (exact) mass is 279 g/mol. The molecule has 1 aromatic heterocycles. The van der Waals surface area contributed by atoms with Gasteiger partial charge >= 0.3 is 0 Å². The molecular formula is C16H29N3O.